The molecule has 0 spiro atoms. The summed E-state index contributed by atoms with van der Waals surface area (Å²) in [5, 5.41) is 2.84. The fourth-order valence-electron chi connectivity index (χ4n) is 3.03. The summed E-state index contributed by atoms with van der Waals surface area (Å²) in [5.41, 5.74) is 4.34. The molecule has 0 fully saturated rings. The second kappa shape index (κ2) is 4.89. The fraction of sp³-hybridized carbons (Fsp3) is 0.0588. The molecule has 2 aliphatic rings. The Labute approximate surface area is 143 Å². The van der Waals surface area contributed by atoms with Gasteiger partial charge in [0.25, 0.3) is 5.91 Å². The zero-order chi connectivity index (χ0) is 15.4. The van der Waals surface area contributed by atoms with E-state index in [9.17, 15) is 9.59 Å². The van der Waals surface area contributed by atoms with Crippen molar-refractivity contribution < 1.29 is 9.59 Å². The van der Waals surface area contributed by atoms with E-state index in [1.54, 1.807) is 0 Å². The van der Waals surface area contributed by atoms with Crippen LogP contribution in [-0.4, -0.2) is 11.7 Å². The molecule has 1 heterocycles. The Morgan fingerprint density at radius 2 is 1.55 bits per heavy atom. The topological polar surface area (TPSA) is 46.2 Å². The zero-order valence-corrected chi connectivity index (χ0v) is 14.4. The van der Waals surface area contributed by atoms with Gasteiger partial charge in [0.15, 0.2) is 5.78 Å². The minimum atomic E-state index is -0.216. The first-order valence-corrected chi connectivity index (χ1v) is 8.31. The van der Waals surface area contributed by atoms with Crippen molar-refractivity contribution in [1.82, 2.24) is 0 Å². The Kier molecular flexibility index (Phi) is 3.09. The highest BCUT2D eigenvalue weighted by Gasteiger charge is 2.35. The lowest BCUT2D eigenvalue weighted by molar-refractivity contribution is -0.113. The lowest BCUT2D eigenvalue weighted by Crippen LogP contribution is -2.08. The van der Waals surface area contributed by atoms with Gasteiger partial charge in [-0.1, -0.05) is 44.0 Å². The van der Waals surface area contributed by atoms with Crippen LogP contribution in [0.3, 0.4) is 0 Å². The average molecular weight is 419 g/mol. The molecule has 1 aliphatic heterocycles. The van der Waals surface area contributed by atoms with Crippen LogP contribution < -0.4 is 5.32 Å². The van der Waals surface area contributed by atoms with E-state index in [1.165, 1.54) is 0 Å². The molecule has 2 aromatic carbocycles. The van der Waals surface area contributed by atoms with Crippen molar-refractivity contribution in [3.05, 3.63) is 62.0 Å². The summed E-state index contributed by atoms with van der Waals surface area (Å²) < 4.78 is 1.82. The minimum Gasteiger partial charge on any atom is -0.321 e. The van der Waals surface area contributed by atoms with E-state index in [0.717, 1.165) is 31.3 Å². The molecule has 4 rings (SSSR count). The molecule has 0 saturated heterocycles. The van der Waals surface area contributed by atoms with Crippen LogP contribution in [-0.2, 0) is 16.0 Å². The minimum absolute atomic E-state index is 0.00554. The molecule has 0 unspecified atom stereocenters. The number of hydrogen-bond donors (Lipinski definition) is 1. The predicted molar refractivity (Wildman–Crippen MR) is 92.4 cm³/mol. The lowest BCUT2D eigenvalue weighted by atomic mass is 9.96. The van der Waals surface area contributed by atoms with Crippen LogP contribution in [0.15, 0.2) is 45.3 Å². The number of nitrogens with one attached hydrogen (secondary N) is 1. The zero-order valence-electron chi connectivity index (χ0n) is 11.2. The molecular formula is C17H9Br2NO2. The second-order valence-electron chi connectivity index (χ2n) is 5.30. The number of allylic oxidation sites excluding steroid dienone is 1. The normalized spacial score (nSPS) is 19.2. The summed E-state index contributed by atoms with van der Waals surface area (Å²) in [6, 6.07) is 11.3. The Morgan fingerprint density at radius 3 is 2.32 bits per heavy atom. The molecule has 1 N–H and O–H groups in total. The maximum atomic E-state index is 12.5. The number of rotatable bonds is 0. The Balaban J connectivity index is 2.00. The highest BCUT2D eigenvalue weighted by atomic mass is 79.9. The first kappa shape index (κ1) is 13.9. The van der Waals surface area contributed by atoms with Gasteiger partial charge in [-0.15, -0.1) is 0 Å². The molecule has 0 bridgehead atoms. The van der Waals surface area contributed by atoms with Crippen LogP contribution in [0, 0.1) is 0 Å². The summed E-state index contributed by atoms with van der Waals surface area (Å²) >= 11 is 6.82. The number of amides is 1. The van der Waals surface area contributed by atoms with Crippen molar-refractivity contribution in [1.29, 1.82) is 0 Å². The molecule has 0 saturated carbocycles. The van der Waals surface area contributed by atoms with Gasteiger partial charge in [-0.25, -0.2) is 0 Å². The number of anilines is 1. The van der Waals surface area contributed by atoms with Gasteiger partial charge >= 0.3 is 0 Å². The monoisotopic (exact) mass is 417 g/mol. The maximum absolute atomic E-state index is 12.5. The van der Waals surface area contributed by atoms with Crippen LogP contribution in [0.4, 0.5) is 5.69 Å². The van der Waals surface area contributed by atoms with Crippen molar-refractivity contribution in [3.63, 3.8) is 0 Å². The van der Waals surface area contributed by atoms with Crippen molar-refractivity contribution in [2.24, 2.45) is 0 Å². The molecule has 2 aromatic rings. The van der Waals surface area contributed by atoms with Gasteiger partial charge in [-0.05, 0) is 35.4 Å². The van der Waals surface area contributed by atoms with E-state index in [4.69, 9.17) is 0 Å². The molecule has 22 heavy (non-hydrogen) atoms. The molecule has 5 heteroatoms. The number of benzene rings is 2. The van der Waals surface area contributed by atoms with E-state index in [1.807, 2.05) is 36.4 Å². The van der Waals surface area contributed by atoms with Crippen molar-refractivity contribution in [2.45, 2.75) is 6.42 Å². The SMILES string of the molecule is O=C1Cc2cc(Br)ccc2/C1=C1\C(=O)Nc2cc(Br)ccc21. The molecule has 1 amide bonds. The standard InChI is InChI=1S/C17H9Br2NO2/c18-9-1-3-11-8(5-9)6-14(21)15(11)16-12-4-2-10(19)7-13(12)20-17(16)22/h1-5,7H,6H2,(H,20,22)/b16-15+. The van der Waals surface area contributed by atoms with Crippen molar-refractivity contribution >= 4 is 60.4 Å². The number of carbonyl (C=O) groups excluding carboxylic acids is 2. The van der Waals surface area contributed by atoms with E-state index >= 15 is 0 Å². The van der Waals surface area contributed by atoms with Crippen LogP contribution in [0.25, 0.3) is 11.1 Å². The van der Waals surface area contributed by atoms with Gasteiger partial charge in [0, 0.05) is 26.5 Å². The fourth-order valence-corrected chi connectivity index (χ4v) is 3.80. The van der Waals surface area contributed by atoms with Crippen LogP contribution >= 0.6 is 31.9 Å². The summed E-state index contributed by atoms with van der Waals surface area (Å²) in [4.78, 5) is 24.9. The number of hydrogen-bond acceptors (Lipinski definition) is 2. The smallest absolute Gasteiger partial charge is 0.257 e. The van der Waals surface area contributed by atoms with E-state index in [0.29, 0.717) is 17.6 Å². The van der Waals surface area contributed by atoms with Gasteiger partial charge in [0.1, 0.15) is 0 Å². The van der Waals surface area contributed by atoms with Gasteiger partial charge in [-0.3, -0.25) is 9.59 Å². The third-order valence-corrected chi connectivity index (χ3v) is 4.93. The lowest BCUT2D eigenvalue weighted by Gasteiger charge is -2.05. The summed E-state index contributed by atoms with van der Waals surface area (Å²) in [5.74, 6) is -0.221. The highest BCUT2D eigenvalue weighted by molar-refractivity contribution is 9.10. The Hall–Kier alpha value is -1.72. The first-order chi connectivity index (χ1) is 10.5. The van der Waals surface area contributed by atoms with Crippen LogP contribution in [0.2, 0.25) is 0 Å². The van der Waals surface area contributed by atoms with Gasteiger partial charge < -0.3 is 5.32 Å². The maximum Gasteiger partial charge on any atom is 0.257 e. The Bertz CT molecular complexity index is 826. The number of fused-ring (bicyclic) bond motifs is 2. The number of halogens is 2. The third-order valence-electron chi connectivity index (χ3n) is 3.94. The largest absolute Gasteiger partial charge is 0.321 e. The average Bonchev–Trinajstić information content (AvgIpc) is 2.93. The number of Topliss-reactive ketones (excluding diaryl/α,β-unsaturated/α-hetero) is 1. The number of carbonyl (C=O) groups is 2. The molecule has 3 nitrogen and oxygen atoms in total. The summed E-state index contributed by atoms with van der Waals surface area (Å²) in [6.07, 6.45) is 0.340. The van der Waals surface area contributed by atoms with E-state index in [-0.39, 0.29) is 11.7 Å². The second-order valence-corrected chi connectivity index (χ2v) is 7.13. The number of ketones is 1. The quantitative estimate of drug-likeness (QED) is 0.651. The molecule has 108 valence electrons. The molecular weight excluding hydrogens is 410 g/mol. The van der Waals surface area contributed by atoms with Gasteiger partial charge in [0.2, 0.25) is 0 Å². The molecule has 0 aromatic heterocycles. The van der Waals surface area contributed by atoms with Gasteiger partial charge in [0.05, 0.1) is 11.3 Å². The Morgan fingerprint density at radius 1 is 0.864 bits per heavy atom. The summed E-state index contributed by atoms with van der Waals surface area (Å²) in [7, 11) is 0. The first-order valence-electron chi connectivity index (χ1n) is 6.72. The van der Waals surface area contributed by atoms with Crippen LogP contribution in [0.1, 0.15) is 16.7 Å². The molecule has 1 aliphatic carbocycles. The predicted octanol–water partition coefficient (Wildman–Crippen LogP) is 4.20. The highest BCUT2D eigenvalue weighted by Crippen LogP contribution is 2.42. The molecule has 0 radical (unpaired) electrons. The third kappa shape index (κ3) is 2.00. The van der Waals surface area contributed by atoms with Crippen molar-refractivity contribution in [2.75, 3.05) is 5.32 Å². The molecule has 0 atom stereocenters. The van der Waals surface area contributed by atoms with E-state index < -0.39 is 0 Å². The van der Waals surface area contributed by atoms with Crippen molar-refractivity contribution in [3.8, 4) is 0 Å². The van der Waals surface area contributed by atoms with E-state index in [2.05, 4.69) is 37.2 Å². The van der Waals surface area contributed by atoms with Crippen LogP contribution in [0.5, 0.6) is 0 Å². The van der Waals surface area contributed by atoms with Gasteiger partial charge in [-0.2, -0.15) is 0 Å². The summed E-state index contributed by atoms with van der Waals surface area (Å²) in [6.45, 7) is 0.